The first-order valence-corrected chi connectivity index (χ1v) is 19.3. The maximum absolute atomic E-state index is 12.6. The van der Waals surface area contributed by atoms with E-state index in [9.17, 15) is 26.4 Å². The van der Waals surface area contributed by atoms with Crippen LogP contribution in [0.3, 0.4) is 0 Å². The van der Waals surface area contributed by atoms with Crippen molar-refractivity contribution in [3.63, 3.8) is 0 Å². The topological polar surface area (TPSA) is 175 Å². The van der Waals surface area contributed by atoms with Gasteiger partial charge in [-0.1, -0.05) is 47.5 Å². The molecule has 0 saturated carbocycles. The molecule has 0 atom stereocenters. The Bertz CT molecular complexity index is 2390. The van der Waals surface area contributed by atoms with Crippen molar-refractivity contribution < 1.29 is 26.4 Å². The summed E-state index contributed by atoms with van der Waals surface area (Å²) in [6, 6.07) is 17.5. The normalized spacial score (nSPS) is 11.4. The Hall–Kier alpha value is -5.16. The molecule has 6 aromatic rings. The van der Waals surface area contributed by atoms with E-state index >= 15 is 0 Å². The lowest BCUT2D eigenvalue weighted by atomic mass is 10.2. The van der Waals surface area contributed by atoms with Gasteiger partial charge in [-0.05, 0) is 57.2 Å². The highest BCUT2D eigenvalue weighted by atomic mass is 35.5. The van der Waals surface area contributed by atoms with Gasteiger partial charge in [0.2, 0.25) is 0 Å². The van der Waals surface area contributed by atoms with Gasteiger partial charge in [0.15, 0.2) is 5.15 Å². The summed E-state index contributed by atoms with van der Waals surface area (Å²) in [6.07, 6.45) is 8.56. The van der Waals surface area contributed by atoms with Gasteiger partial charge in [0, 0.05) is 42.1 Å². The van der Waals surface area contributed by atoms with E-state index in [4.69, 9.17) is 11.6 Å². The number of carbonyl (C=O) groups is 2. The van der Waals surface area contributed by atoms with Crippen LogP contribution in [0.1, 0.15) is 47.6 Å². The number of thiazole rings is 1. The van der Waals surface area contributed by atoms with Gasteiger partial charge in [0.25, 0.3) is 31.9 Å². The smallest absolute Gasteiger partial charge is 0.267 e. The minimum absolute atomic E-state index is 0.0849. The summed E-state index contributed by atoms with van der Waals surface area (Å²) in [5, 5.41) is 6.56. The lowest BCUT2D eigenvalue weighted by molar-refractivity contribution is 0.0943. The quantitative estimate of drug-likeness (QED) is 0.192. The van der Waals surface area contributed by atoms with Gasteiger partial charge in [-0.3, -0.25) is 14.6 Å². The Labute approximate surface area is 304 Å². The molecule has 0 aliphatic heterocycles. The summed E-state index contributed by atoms with van der Waals surface area (Å²) >= 11 is 7.49. The Morgan fingerprint density at radius 3 is 1.80 bits per heavy atom. The summed E-state index contributed by atoms with van der Waals surface area (Å²) in [6.45, 7) is 5.99. The van der Waals surface area contributed by atoms with E-state index < -0.39 is 26.0 Å². The van der Waals surface area contributed by atoms with Crippen molar-refractivity contribution in [3.05, 3.63) is 147 Å². The van der Waals surface area contributed by atoms with Crippen molar-refractivity contribution in [2.75, 3.05) is 0 Å². The summed E-state index contributed by atoms with van der Waals surface area (Å²) in [4.78, 5) is 38.0. The highest BCUT2D eigenvalue weighted by Crippen LogP contribution is 2.18. The number of amides is 2. The Balaban J connectivity index is 0.000000198. The van der Waals surface area contributed by atoms with E-state index in [0.29, 0.717) is 17.9 Å². The number of hydrogen-bond donors (Lipinski definition) is 2. The van der Waals surface area contributed by atoms with Crippen molar-refractivity contribution in [1.29, 1.82) is 0 Å². The maximum Gasteiger partial charge on any atom is 0.267 e. The number of benzene rings is 2. The molecule has 2 amide bonds. The maximum atomic E-state index is 12.6. The number of aromatic nitrogens is 5. The molecule has 13 nitrogen and oxygen atoms in total. The third-order valence-electron chi connectivity index (χ3n) is 7.20. The van der Waals surface area contributed by atoms with Crippen molar-refractivity contribution >= 4 is 54.8 Å². The van der Waals surface area contributed by atoms with E-state index in [2.05, 4.69) is 25.6 Å². The molecule has 0 bridgehead atoms. The van der Waals surface area contributed by atoms with E-state index in [1.54, 1.807) is 61.8 Å². The van der Waals surface area contributed by atoms with Crippen LogP contribution in [-0.2, 0) is 33.1 Å². The molecular weight excluding hydrogens is 734 g/mol. The summed E-state index contributed by atoms with van der Waals surface area (Å²) in [7, 11) is -7.44. The fourth-order valence-electron chi connectivity index (χ4n) is 4.48. The molecule has 264 valence electrons. The first-order chi connectivity index (χ1) is 24.2. The van der Waals surface area contributed by atoms with Gasteiger partial charge in [-0.25, -0.2) is 34.7 Å². The molecule has 2 N–H and O–H groups in total. The zero-order chi connectivity index (χ0) is 36.8. The zero-order valence-electron chi connectivity index (χ0n) is 27.5. The van der Waals surface area contributed by atoms with E-state index in [1.807, 2.05) is 13.8 Å². The molecule has 4 heterocycles. The molecule has 0 spiro atoms. The molecular formula is C34H32ClN7O6S3. The minimum atomic E-state index is -3.74. The molecule has 0 fully saturated rings. The lowest BCUT2D eigenvalue weighted by Gasteiger charge is -2.06. The molecule has 0 radical (unpaired) electrons. The van der Waals surface area contributed by atoms with Crippen LogP contribution in [0.2, 0.25) is 5.15 Å². The number of hydrogen-bond acceptors (Lipinski definition) is 10. The average Bonchev–Trinajstić information content (AvgIpc) is 3.90. The van der Waals surface area contributed by atoms with Crippen molar-refractivity contribution in [1.82, 2.24) is 33.5 Å². The number of carbonyl (C=O) groups excluding carboxylic acids is 2. The lowest BCUT2D eigenvalue weighted by Crippen LogP contribution is -2.23. The Morgan fingerprint density at radius 1 is 0.725 bits per heavy atom. The molecule has 4 aromatic heterocycles. The van der Waals surface area contributed by atoms with Gasteiger partial charge < -0.3 is 10.6 Å². The predicted octanol–water partition coefficient (Wildman–Crippen LogP) is 5.14. The summed E-state index contributed by atoms with van der Waals surface area (Å²) in [5.74, 6) is -0.769. The van der Waals surface area contributed by atoms with Gasteiger partial charge in [-0.15, -0.1) is 11.3 Å². The van der Waals surface area contributed by atoms with E-state index in [-0.39, 0.29) is 38.5 Å². The first kappa shape index (κ1) is 37.1. The number of halogens is 1. The number of nitrogens with zero attached hydrogens (tertiary/aromatic N) is 5. The first-order valence-electron chi connectivity index (χ1n) is 15.2. The highest BCUT2D eigenvalue weighted by Gasteiger charge is 2.20. The number of aryl methyl sites for hydroxylation is 3. The SMILES string of the molecule is Cc1ccc(S(=O)(=O)n2ccc(C(=O)NCc3cnc(C)s3)c2)cc1.Cc1cnc(CNC(=O)c2ccn(S(=O)(=O)c3ccccc3)c2)c(Cl)n1. The van der Waals surface area contributed by atoms with Crippen LogP contribution in [0.5, 0.6) is 0 Å². The third kappa shape index (κ3) is 9.15. The van der Waals surface area contributed by atoms with Crippen LogP contribution in [0, 0.1) is 20.8 Å². The van der Waals surface area contributed by atoms with Crippen LogP contribution in [-0.4, -0.2) is 51.5 Å². The predicted molar refractivity (Wildman–Crippen MR) is 193 cm³/mol. The molecule has 2 aromatic carbocycles. The fourth-order valence-corrected chi connectivity index (χ4v) is 7.88. The van der Waals surface area contributed by atoms with E-state index in [0.717, 1.165) is 23.4 Å². The molecule has 0 aliphatic carbocycles. The summed E-state index contributed by atoms with van der Waals surface area (Å²) in [5.41, 5.74) is 2.58. The second-order valence-electron chi connectivity index (χ2n) is 11.1. The van der Waals surface area contributed by atoms with Gasteiger partial charge >= 0.3 is 0 Å². The van der Waals surface area contributed by atoms with Crippen LogP contribution in [0.15, 0.2) is 114 Å². The fraction of sp³-hybridized carbons (Fsp3) is 0.147. The number of nitrogens with one attached hydrogen (secondary N) is 2. The van der Waals surface area contributed by atoms with Crippen molar-refractivity contribution in [2.45, 2.75) is 43.7 Å². The van der Waals surface area contributed by atoms with Crippen LogP contribution in [0.25, 0.3) is 0 Å². The number of rotatable bonds is 10. The van der Waals surface area contributed by atoms with Crippen LogP contribution < -0.4 is 10.6 Å². The minimum Gasteiger partial charge on any atom is -0.347 e. The third-order valence-corrected chi connectivity index (χ3v) is 11.7. The summed E-state index contributed by atoms with van der Waals surface area (Å²) < 4.78 is 52.3. The standard InChI is InChI=1S/C17H15ClN4O3S.C17H17N3O3S2/c1-12-9-19-15(16(18)21-12)10-20-17(23)13-7-8-22(11-13)26(24,25)14-5-3-2-4-6-14;1-12-3-5-16(6-4-12)25(22,23)20-8-7-14(11-20)17(21)19-10-15-9-18-13(2)24-15/h2-9,11H,10H2,1H3,(H,20,23);3-9,11H,10H2,1-2H3,(H,19,21). The second-order valence-corrected chi connectivity index (χ2v) is 16.4. The molecule has 6 rings (SSSR count). The van der Waals surface area contributed by atoms with Gasteiger partial charge in [0.05, 0.1) is 50.4 Å². The zero-order valence-corrected chi connectivity index (χ0v) is 30.7. The largest absolute Gasteiger partial charge is 0.347 e. The molecule has 0 unspecified atom stereocenters. The Morgan fingerprint density at radius 2 is 1.27 bits per heavy atom. The molecule has 51 heavy (non-hydrogen) atoms. The van der Waals surface area contributed by atoms with Crippen LogP contribution >= 0.6 is 22.9 Å². The highest BCUT2D eigenvalue weighted by molar-refractivity contribution is 7.90. The monoisotopic (exact) mass is 765 g/mol. The Kier molecular flexibility index (Phi) is 11.5. The van der Waals surface area contributed by atoms with Gasteiger partial charge in [0.1, 0.15) is 0 Å². The van der Waals surface area contributed by atoms with Crippen molar-refractivity contribution in [3.8, 4) is 0 Å². The van der Waals surface area contributed by atoms with Crippen molar-refractivity contribution in [2.24, 2.45) is 0 Å². The van der Waals surface area contributed by atoms with Gasteiger partial charge in [-0.2, -0.15) is 0 Å². The molecule has 17 heteroatoms. The second kappa shape index (κ2) is 15.8. The molecule has 0 saturated heterocycles. The van der Waals surface area contributed by atoms with E-state index in [1.165, 1.54) is 60.4 Å². The molecule has 0 aliphatic rings. The average molecular weight is 766 g/mol. The van der Waals surface area contributed by atoms with Crippen LogP contribution in [0.4, 0.5) is 0 Å².